The Labute approximate surface area is 101 Å². The molecule has 2 nitrogen and oxygen atoms in total. The third-order valence-corrected chi connectivity index (χ3v) is 2.53. The van der Waals surface area contributed by atoms with Crippen molar-refractivity contribution in [3.05, 3.63) is 60.6 Å². The summed E-state index contributed by atoms with van der Waals surface area (Å²) in [6.07, 6.45) is 3.51. The van der Waals surface area contributed by atoms with Gasteiger partial charge in [0, 0.05) is 11.1 Å². The zero-order valence-corrected chi connectivity index (χ0v) is 9.85. The molecule has 0 saturated carbocycles. The third kappa shape index (κ3) is 2.16. The first-order valence-electron chi connectivity index (χ1n) is 5.45. The number of rotatable bonds is 3. The van der Waals surface area contributed by atoms with Crippen molar-refractivity contribution < 1.29 is 0 Å². The molecule has 1 aromatic heterocycles. The van der Waals surface area contributed by atoms with Gasteiger partial charge in [-0.1, -0.05) is 49.6 Å². The molecule has 2 rings (SSSR count). The van der Waals surface area contributed by atoms with Crippen LogP contribution in [0.3, 0.4) is 0 Å². The zero-order chi connectivity index (χ0) is 12.3. The molecule has 1 heterocycles. The maximum absolute atomic E-state index is 4.49. The van der Waals surface area contributed by atoms with E-state index in [0.29, 0.717) is 0 Å². The fourth-order valence-electron chi connectivity index (χ4n) is 1.78. The van der Waals surface area contributed by atoms with Crippen molar-refractivity contribution in [2.75, 3.05) is 0 Å². The minimum absolute atomic E-state index is 0.740. The summed E-state index contributed by atoms with van der Waals surface area (Å²) in [7, 11) is 0. The molecule has 1 aromatic carbocycles. The standard InChI is InChI=1S/C15H14N2/c1-4-13-14(5-2)16-11(3)17-15(13)12-9-7-6-8-10-12/h4-10H,1-2H2,3H3. The lowest BCUT2D eigenvalue weighted by atomic mass is 10.0. The van der Waals surface area contributed by atoms with Gasteiger partial charge in [0.15, 0.2) is 0 Å². The number of hydrogen-bond donors (Lipinski definition) is 0. The summed E-state index contributed by atoms with van der Waals surface area (Å²) in [5, 5.41) is 0. The molecule has 0 fully saturated rings. The summed E-state index contributed by atoms with van der Waals surface area (Å²) in [6.45, 7) is 9.49. The Morgan fingerprint density at radius 3 is 2.29 bits per heavy atom. The molecule has 0 atom stereocenters. The van der Waals surface area contributed by atoms with Crippen LogP contribution < -0.4 is 0 Å². The predicted octanol–water partition coefficient (Wildman–Crippen LogP) is 3.74. The van der Waals surface area contributed by atoms with Crippen LogP contribution in [0.15, 0.2) is 43.5 Å². The van der Waals surface area contributed by atoms with Crippen molar-refractivity contribution in [3.63, 3.8) is 0 Å². The average molecular weight is 222 g/mol. The van der Waals surface area contributed by atoms with Crippen molar-refractivity contribution in [2.24, 2.45) is 0 Å². The summed E-state index contributed by atoms with van der Waals surface area (Å²) < 4.78 is 0. The van der Waals surface area contributed by atoms with Gasteiger partial charge in [0.25, 0.3) is 0 Å². The van der Waals surface area contributed by atoms with Gasteiger partial charge in [-0.3, -0.25) is 0 Å². The lowest BCUT2D eigenvalue weighted by Crippen LogP contribution is -1.99. The van der Waals surface area contributed by atoms with Crippen LogP contribution in [0.4, 0.5) is 0 Å². The van der Waals surface area contributed by atoms with Crippen molar-refractivity contribution in [3.8, 4) is 11.3 Å². The van der Waals surface area contributed by atoms with E-state index in [1.807, 2.05) is 37.3 Å². The van der Waals surface area contributed by atoms with E-state index in [1.54, 1.807) is 12.2 Å². The van der Waals surface area contributed by atoms with Crippen LogP contribution >= 0.6 is 0 Å². The van der Waals surface area contributed by atoms with E-state index >= 15 is 0 Å². The minimum Gasteiger partial charge on any atom is -0.233 e. The van der Waals surface area contributed by atoms with Crippen LogP contribution in [0.5, 0.6) is 0 Å². The second kappa shape index (κ2) is 4.74. The van der Waals surface area contributed by atoms with Gasteiger partial charge in [-0.15, -0.1) is 0 Å². The summed E-state index contributed by atoms with van der Waals surface area (Å²) in [6, 6.07) is 10.0. The second-order valence-corrected chi connectivity index (χ2v) is 3.69. The first kappa shape index (κ1) is 11.3. The highest BCUT2D eigenvalue weighted by Crippen LogP contribution is 2.25. The van der Waals surface area contributed by atoms with Gasteiger partial charge < -0.3 is 0 Å². The quantitative estimate of drug-likeness (QED) is 0.790. The topological polar surface area (TPSA) is 25.8 Å². The Kier molecular flexibility index (Phi) is 3.15. The van der Waals surface area contributed by atoms with E-state index in [2.05, 4.69) is 23.1 Å². The summed E-state index contributed by atoms with van der Waals surface area (Å²) in [5.41, 5.74) is 3.72. The van der Waals surface area contributed by atoms with Crippen molar-refractivity contribution in [2.45, 2.75) is 6.92 Å². The molecule has 0 unspecified atom stereocenters. The average Bonchev–Trinajstić information content (AvgIpc) is 2.38. The summed E-state index contributed by atoms with van der Waals surface area (Å²) in [5.74, 6) is 0.740. The summed E-state index contributed by atoms with van der Waals surface area (Å²) >= 11 is 0. The molecule has 2 heteroatoms. The normalized spacial score (nSPS) is 9.94. The molecule has 0 aliphatic carbocycles. The van der Waals surface area contributed by atoms with Crippen LogP contribution in [-0.4, -0.2) is 9.97 Å². The molecule has 2 aromatic rings. The van der Waals surface area contributed by atoms with Crippen molar-refractivity contribution in [1.82, 2.24) is 9.97 Å². The van der Waals surface area contributed by atoms with E-state index in [0.717, 1.165) is 28.3 Å². The zero-order valence-electron chi connectivity index (χ0n) is 9.85. The molecule has 17 heavy (non-hydrogen) atoms. The summed E-state index contributed by atoms with van der Waals surface area (Å²) in [4.78, 5) is 8.84. The number of aryl methyl sites for hydroxylation is 1. The SMILES string of the molecule is C=Cc1nc(C)nc(-c2ccccc2)c1C=C. The Hall–Kier alpha value is -2.22. The fourth-order valence-corrected chi connectivity index (χ4v) is 1.78. The van der Waals surface area contributed by atoms with Crippen LogP contribution in [0.1, 0.15) is 17.1 Å². The predicted molar refractivity (Wildman–Crippen MR) is 72.4 cm³/mol. The first-order valence-corrected chi connectivity index (χ1v) is 5.45. The number of hydrogen-bond acceptors (Lipinski definition) is 2. The van der Waals surface area contributed by atoms with Gasteiger partial charge in [0.1, 0.15) is 5.82 Å². The van der Waals surface area contributed by atoms with Gasteiger partial charge in [-0.05, 0) is 13.0 Å². The molecule has 0 spiro atoms. The van der Waals surface area contributed by atoms with Gasteiger partial charge in [0.05, 0.1) is 11.4 Å². The lowest BCUT2D eigenvalue weighted by Gasteiger charge is -2.09. The van der Waals surface area contributed by atoms with E-state index in [9.17, 15) is 0 Å². The van der Waals surface area contributed by atoms with Gasteiger partial charge in [-0.25, -0.2) is 9.97 Å². The highest BCUT2D eigenvalue weighted by atomic mass is 14.9. The Morgan fingerprint density at radius 2 is 1.71 bits per heavy atom. The number of aromatic nitrogens is 2. The van der Waals surface area contributed by atoms with Gasteiger partial charge >= 0.3 is 0 Å². The fraction of sp³-hybridized carbons (Fsp3) is 0.0667. The number of nitrogens with zero attached hydrogens (tertiary/aromatic N) is 2. The Balaban J connectivity index is 2.72. The highest BCUT2D eigenvalue weighted by Gasteiger charge is 2.09. The molecule has 0 radical (unpaired) electrons. The van der Waals surface area contributed by atoms with E-state index < -0.39 is 0 Å². The van der Waals surface area contributed by atoms with Crippen LogP contribution in [0, 0.1) is 6.92 Å². The molecule has 0 aliphatic rings. The van der Waals surface area contributed by atoms with Gasteiger partial charge in [-0.2, -0.15) is 0 Å². The molecule has 0 N–H and O–H groups in total. The monoisotopic (exact) mass is 222 g/mol. The smallest absolute Gasteiger partial charge is 0.126 e. The Morgan fingerprint density at radius 1 is 1.00 bits per heavy atom. The maximum atomic E-state index is 4.49. The largest absolute Gasteiger partial charge is 0.233 e. The minimum atomic E-state index is 0.740. The molecule has 84 valence electrons. The maximum Gasteiger partial charge on any atom is 0.126 e. The van der Waals surface area contributed by atoms with E-state index in [1.165, 1.54) is 0 Å². The Bertz CT molecular complexity index is 557. The van der Waals surface area contributed by atoms with Crippen LogP contribution in [-0.2, 0) is 0 Å². The van der Waals surface area contributed by atoms with Crippen molar-refractivity contribution >= 4 is 12.2 Å². The molecule has 0 bridgehead atoms. The third-order valence-electron chi connectivity index (χ3n) is 2.53. The van der Waals surface area contributed by atoms with Crippen LogP contribution in [0.25, 0.3) is 23.4 Å². The number of benzene rings is 1. The second-order valence-electron chi connectivity index (χ2n) is 3.69. The van der Waals surface area contributed by atoms with E-state index in [-0.39, 0.29) is 0 Å². The van der Waals surface area contributed by atoms with E-state index in [4.69, 9.17) is 0 Å². The van der Waals surface area contributed by atoms with Crippen LogP contribution in [0.2, 0.25) is 0 Å². The molecule has 0 saturated heterocycles. The molecular weight excluding hydrogens is 208 g/mol. The highest BCUT2D eigenvalue weighted by molar-refractivity contribution is 5.76. The first-order chi connectivity index (χ1) is 8.26. The molecule has 0 aliphatic heterocycles. The van der Waals surface area contributed by atoms with Gasteiger partial charge in [0.2, 0.25) is 0 Å². The molecular formula is C15H14N2. The molecule has 0 amide bonds. The lowest BCUT2D eigenvalue weighted by molar-refractivity contribution is 1.04. The van der Waals surface area contributed by atoms with Crippen molar-refractivity contribution in [1.29, 1.82) is 0 Å².